The van der Waals surface area contributed by atoms with Crippen molar-refractivity contribution in [3.63, 3.8) is 0 Å². The number of sulfone groups is 1. The molecule has 1 aromatic carbocycles. The quantitative estimate of drug-likeness (QED) is 0.885. The molecule has 0 saturated heterocycles. The van der Waals surface area contributed by atoms with E-state index in [0.717, 1.165) is 24.2 Å². The Morgan fingerprint density at radius 1 is 1.40 bits per heavy atom. The summed E-state index contributed by atoms with van der Waals surface area (Å²) >= 11 is 0. The van der Waals surface area contributed by atoms with Crippen molar-refractivity contribution in [3.05, 3.63) is 29.3 Å². The molecular formula is C14H19NO4S. The SMILES string of the molecule is CCS(=O)(=O)CCNC(=O)c1ccc2c(c1)CCCO2. The first kappa shape index (κ1) is 14.8. The molecule has 0 radical (unpaired) electrons. The smallest absolute Gasteiger partial charge is 0.251 e. The molecule has 0 aliphatic carbocycles. The van der Waals surface area contributed by atoms with E-state index in [1.807, 2.05) is 6.07 Å². The number of nitrogens with one attached hydrogen (secondary N) is 1. The summed E-state index contributed by atoms with van der Waals surface area (Å²) < 4.78 is 28.2. The van der Waals surface area contributed by atoms with Crippen molar-refractivity contribution in [3.8, 4) is 5.75 Å². The summed E-state index contributed by atoms with van der Waals surface area (Å²) in [6, 6.07) is 5.32. The summed E-state index contributed by atoms with van der Waals surface area (Å²) in [6.45, 7) is 2.46. The molecule has 6 heteroatoms. The molecule has 0 unspecified atom stereocenters. The van der Waals surface area contributed by atoms with Crippen molar-refractivity contribution < 1.29 is 17.9 Å². The van der Waals surface area contributed by atoms with Crippen LogP contribution in [-0.4, -0.2) is 39.0 Å². The molecule has 110 valence electrons. The van der Waals surface area contributed by atoms with E-state index in [1.54, 1.807) is 19.1 Å². The van der Waals surface area contributed by atoms with Crippen LogP contribution in [0.1, 0.15) is 29.3 Å². The standard InChI is InChI=1S/C14H19NO4S/c1-2-20(17,18)9-7-15-14(16)12-5-6-13-11(10-12)4-3-8-19-13/h5-6,10H,2-4,7-9H2,1H3,(H,15,16). The molecule has 1 N–H and O–H groups in total. The van der Waals surface area contributed by atoms with Crippen LogP contribution in [0, 0.1) is 0 Å². The second kappa shape index (κ2) is 6.26. The summed E-state index contributed by atoms with van der Waals surface area (Å²) in [5.41, 5.74) is 1.58. The van der Waals surface area contributed by atoms with Crippen LogP contribution in [0.25, 0.3) is 0 Å². The number of carbonyl (C=O) groups is 1. The molecule has 1 aliphatic heterocycles. The van der Waals surface area contributed by atoms with E-state index < -0.39 is 9.84 Å². The fraction of sp³-hybridized carbons (Fsp3) is 0.500. The summed E-state index contributed by atoms with van der Waals surface area (Å²) in [4.78, 5) is 12.0. The van der Waals surface area contributed by atoms with E-state index in [0.29, 0.717) is 12.2 Å². The van der Waals surface area contributed by atoms with Gasteiger partial charge in [-0.15, -0.1) is 0 Å². The lowest BCUT2D eigenvalue weighted by Gasteiger charge is -2.17. The van der Waals surface area contributed by atoms with Crippen LogP contribution in [0.5, 0.6) is 5.75 Å². The Bertz CT molecular complexity index is 595. The summed E-state index contributed by atoms with van der Waals surface area (Å²) in [5, 5.41) is 2.64. The summed E-state index contributed by atoms with van der Waals surface area (Å²) in [6.07, 6.45) is 1.85. The average molecular weight is 297 g/mol. The Hall–Kier alpha value is -1.56. The Labute approximate surface area is 119 Å². The Morgan fingerprint density at radius 2 is 2.20 bits per heavy atom. The number of ether oxygens (including phenoxy) is 1. The van der Waals surface area contributed by atoms with Crippen LogP contribution in [0.15, 0.2) is 18.2 Å². The first-order valence-corrected chi connectivity index (χ1v) is 8.58. The van der Waals surface area contributed by atoms with Crippen molar-refractivity contribution in [1.29, 1.82) is 0 Å². The largest absolute Gasteiger partial charge is 0.493 e. The normalized spacial score (nSPS) is 14.2. The number of fused-ring (bicyclic) bond motifs is 1. The van der Waals surface area contributed by atoms with E-state index >= 15 is 0 Å². The second-order valence-electron chi connectivity index (χ2n) is 4.77. The molecular weight excluding hydrogens is 278 g/mol. The molecule has 0 saturated carbocycles. The van der Waals surface area contributed by atoms with Gasteiger partial charge in [-0.1, -0.05) is 6.92 Å². The highest BCUT2D eigenvalue weighted by atomic mass is 32.2. The lowest BCUT2D eigenvalue weighted by atomic mass is 10.0. The van der Waals surface area contributed by atoms with Gasteiger partial charge in [-0.05, 0) is 36.6 Å². The van der Waals surface area contributed by atoms with Crippen LogP contribution in [0.4, 0.5) is 0 Å². The van der Waals surface area contributed by atoms with Crippen LogP contribution in [0.3, 0.4) is 0 Å². The number of hydrogen-bond donors (Lipinski definition) is 1. The van der Waals surface area contributed by atoms with Gasteiger partial charge in [-0.3, -0.25) is 4.79 Å². The van der Waals surface area contributed by atoms with Crippen LogP contribution >= 0.6 is 0 Å². The maximum atomic E-state index is 12.0. The molecule has 0 bridgehead atoms. The minimum atomic E-state index is -3.05. The molecule has 1 heterocycles. The number of amides is 1. The molecule has 0 spiro atoms. The molecule has 0 fully saturated rings. The third-order valence-corrected chi connectivity index (χ3v) is 5.01. The third-order valence-electron chi connectivity index (χ3n) is 3.31. The Kier molecular flexibility index (Phi) is 4.65. The Balaban J connectivity index is 1.96. The molecule has 1 aliphatic rings. The van der Waals surface area contributed by atoms with E-state index in [4.69, 9.17) is 4.74 Å². The van der Waals surface area contributed by atoms with Crippen molar-refractivity contribution in [1.82, 2.24) is 5.32 Å². The van der Waals surface area contributed by atoms with E-state index in [-0.39, 0.29) is 24.0 Å². The lowest BCUT2D eigenvalue weighted by Crippen LogP contribution is -2.29. The predicted octanol–water partition coefficient (Wildman–Crippen LogP) is 1.18. The molecule has 0 atom stereocenters. The third kappa shape index (κ3) is 3.72. The Morgan fingerprint density at radius 3 is 2.95 bits per heavy atom. The van der Waals surface area contributed by atoms with Crippen molar-refractivity contribution in [2.45, 2.75) is 19.8 Å². The van der Waals surface area contributed by atoms with Gasteiger partial charge in [0.25, 0.3) is 5.91 Å². The van der Waals surface area contributed by atoms with Gasteiger partial charge in [0.1, 0.15) is 5.75 Å². The van der Waals surface area contributed by atoms with Crippen LogP contribution in [0.2, 0.25) is 0 Å². The number of rotatable bonds is 5. The zero-order valence-electron chi connectivity index (χ0n) is 11.5. The van der Waals surface area contributed by atoms with Gasteiger partial charge in [0.05, 0.1) is 12.4 Å². The average Bonchev–Trinajstić information content (AvgIpc) is 2.46. The molecule has 5 nitrogen and oxygen atoms in total. The minimum absolute atomic E-state index is 0.0245. The van der Waals surface area contributed by atoms with Gasteiger partial charge in [-0.2, -0.15) is 0 Å². The van der Waals surface area contributed by atoms with E-state index in [2.05, 4.69) is 5.32 Å². The van der Waals surface area contributed by atoms with Crippen molar-refractivity contribution >= 4 is 15.7 Å². The van der Waals surface area contributed by atoms with Gasteiger partial charge < -0.3 is 10.1 Å². The number of hydrogen-bond acceptors (Lipinski definition) is 4. The highest BCUT2D eigenvalue weighted by Gasteiger charge is 2.14. The van der Waals surface area contributed by atoms with Gasteiger partial charge in [0.15, 0.2) is 9.84 Å². The van der Waals surface area contributed by atoms with Crippen LogP contribution in [-0.2, 0) is 16.3 Å². The number of benzene rings is 1. The number of aryl methyl sites for hydroxylation is 1. The van der Waals surface area contributed by atoms with Crippen molar-refractivity contribution in [2.75, 3.05) is 24.7 Å². The number of carbonyl (C=O) groups excluding carboxylic acids is 1. The molecule has 1 amide bonds. The molecule has 20 heavy (non-hydrogen) atoms. The van der Waals surface area contributed by atoms with Gasteiger partial charge in [0, 0.05) is 17.9 Å². The van der Waals surface area contributed by atoms with Gasteiger partial charge >= 0.3 is 0 Å². The predicted molar refractivity (Wildman–Crippen MR) is 76.9 cm³/mol. The van der Waals surface area contributed by atoms with Gasteiger partial charge in [-0.25, -0.2) is 8.42 Å². The second-order valence-corrected chi connectivity index (χ2v) is 7.24. The van der Waals surface area contributed by atoms with E-state index in [9.17, 15) is 13.2 Å². The highest BCUT2D eigenvalue weighted by Crippen LogP contribution is 2.25. The lowest BCUT2D eigenvalue weighted by molar-refractivity contribution is 0.0956. The zero-order chi connectivity index (χ0) is 14.6. The molecule has 1 aromatic rings. The molecule has 0 aromatic heterocycles. The summed E-state index contributed by atoms with van der Waals surface area (Å²) in [7, 11) is -3.05. The monoisotopic (exact) mass is 297 g/mol. The minimum Gasteiger partial charge on any atom is -0.493 e. The maximum absolute atomic E-state index is 12.0. The van der Waals surface area contributed by atoms with Crippen molar-refractivity contribution in [2.24, 2.45) is 0 Å². The fourth-order valence-electron chi connectivity index (χ4n) is 2.07. The van der Waals surface area contributed by atoms with Gasteiger partial charge in [0.2, 0.25) is 0 Å². The molecule has 2 rings (SSSR count). The maximum Gasteiger partial charge on any atom is 0.251 e. The van der Waals surface area contributed by atoms with E-state index in [1.165, 1.54) is 0 Å². The van der Waals surface area contributed by atoms with Crippen LogP contribution < -0.4 is 10.1 Å². The fourth-order valence-corrected chi connectivity index (χ4v) is 2.77. The first-order chi connectivity index (χ1) is 9.52. The zero-order valence-corrected chi connectivity index (χ0v) is 12.3. The topological polar surface area (TPSA) is 72.5 Å². The first-order valence-electron chi connectivity index (χ1n) is 6.76. The summed E-state index contributed by atoms with van der Waals surface area (Å²) in [5.74, 6) is 0.661. The highest BCUT2D eigenvalue weighted by molar-refractivity contribution is 7.91.